The van der Waals surface area contributed by atoms with Crippen molar-refractivity contribution in [2.24, 2.45) is 0 Å². The first-order valence-electron chi connectivity index (χ1n) is 6.80. The fourth-order valence-electron chi connectivity index (χ4n) is 2.14. The van der Waals surface area contributed by atoms with E-state index in [0.29, 0.717) is 24.7 Å². The zero-order valence-corrected chi connectivity index (χ0v) is 11.6. The SMILES string of the molecule is O=C(Nc1ccc(F)c(F)c1)c1cccc2c1OCCCO2. The first-order chi connectivity index (χ1) is 10.6. The van der Waals surface area contributed by atoms with Gasteiger partial charge in [0.1, 0.15) is 0 Å². The van der Waals surface area contributed by atoms with Crippen molar-refractivity contribution >= 4 is 11.6 Å². The van der Waals surface area contributed by atoms with Crippen LogP contribution in [0.5, 0.6) is 11.5 Å². The van der Waals surface area contributed by atoms with Crippen molar-refractivity contribution in [2.75, 3.05) is 18.5 Å². The van der Waals surface area contributed by atoms with Crippen LogP contribution >= 0.6 is 0 Å². The summed E-state index contributed by atoms with van der Waals surface area (Å²) in [4.78, 5) is 12.3. The van der Waals surface area contributed by atoms with Gasteiger partial charge in [-0.15, -0.1) is 0 Å². The van der Waals surface area contributed by atoms with E-state index in [1.54, 1.807) is 18.2 Å². The zero-order chi connectivity index (χ0) is 15.5. The van der Waals surface area contributed by atoms with Gasteiger partial charge in [0.05, 0.1) is 18.8 Å². The van der Waals surface area contributed by atoms with E-state index in [0.717, 1.165) is 18.6 Å². The van der Waals surface area contributed by atoms with Gasteiger partial charge in [-0.05, 0) is 24.3 Å². The molecule has 0 radical (unpaired) electrons. The first-order valence-corrected chi connectivity index (χ1v) is 6.80. The molecule has 114 valence electrons. The monoisotopic (exact) mass is 305 g/mol. The Morgan fingerprint density at radius 1 is 1.05 bits per heavy atom. The fraction of sp³-hybridized carbons (Fsp3) is 0.188. The van der Waals surface area contributed by atoms with Crippen LogP contribution in [0, 0.1) is 11.6 Å². The molecule has 2 aromatic carbocycles. The summed E-state index contributed by atoms with van der Waals surface area (Å²) in [5.74, 6) is -1.61. The van der Waals surface area contributed by atoms with Gasteiger partial charge in [-0.1, -0.05) is 6.07 Å². The van der Waals surface area contributed by atoms with Gasteiger partial charge in [-0.25, -0.2) is 8.78 Å². The third kappa shape index (κ3) is 2.86. The second kappa shape index (κ2) is 6.01. The highest BCUT2D eigenvalue weighted by Gasteiger charge is 2.19. The molecule has 0 spiro atoms. The predicted molar refractivity (Wildman–Crippen MR) is 76.4 cm³/mol. The molecular formula is C16H13F2NO3. The Morgan fingerprint density at radius 3 is 2.68 bits per heavy atom. The number of carbonyl (C=O) groups excluding carboxylic acids is 1. The molecule has 0 saturated heterocycles. The number of anilines is 1. The van der Waals surface area contributed by atoms with Crippen LogP contribution in [0.4, 0.5) is 14.5 Å². The quantitative estimate of drug-likeness (QED) is 0.925. The molecule has 0 aliphatic carbocycles. The second-order valence-electron chi connectivity index (χ2n) is 4.77. The minimum Gasteiger partial charge on any atom is -0.490 e. The second-order valence-corrected chi connectivity index (χ2v) is 4.77. The third-order valence-electron chi connectivity index (χ3n) is 3.19. The topological polar surface area (TPSA) is 47.6 Å². The minimum atomic E-state index is -1.02. The van der Waals surface area contributed by atoms with Gasteiger partial charge >= 0.3 is 0 Å². The lowest BCUT2D eigenvalue weighted by atomic mass is 10.1. The molecule has 22 heavy (non-hydrogen) atoms. The first kappa shape index (κ1) is 14.3. The molecule has 0 saturated carbocycles. The number of fused-ring (bicyclic) bond motifs is 1. The van der Waals surface area contributed by atoms with E-state index >= 15 is 0 Å². The van der Waals surface area contributed by atoms with Crippen molar-refractivity contribution in [3.8, 4) is 11.5 Å². The largest absolute Gasteiger partial charge is 0.490 e. The maximum Gasteiger partial charge on any atom is 0.259 e. The molecule has 1 aliphatic heterocycles. The van der Waals surface area contributed by atoms with Crippen molar-refractivity contribution < 1.29 is 23.0 Å². The van der Waals surface area contributed by atoms with Gasteiger partial charge < -0.3 is 14.8 Å². The van der Waals surface area contributed by atoms with Crippen LogP contribution in [0.3, 0.4) is 0 Å². The molecule has 0 aromatic heterocycles. The van der Waals surface area contributed by atoms with Crippen LogP contribution in [-0.2, 0) is 0 Å². The molecule has 2 aromatic rings. The Labute approximate surface area is 125 Å². The lowest BCUT2D eigenvalue weighted by Gasteiger charge is -2.12. The maximum atomic E-state index is 13.2. The standard InChI is InChI=1S/C16H13F2NO3/c17-12-6-5-10(9-13(12)18)19-16(20)11-3-1-4-14-15(11)22-8-2-7-21-14/h1,3-6,9H,2,7-8H2,(H,19,20). The van der Waals surface area contributed by atoms with Crippen molar-refractivity contribution in [3.05, 3.63) is 53.6 Å². The molecule has 0 atom stereocenters. The predicted octanol–water partition coefficient (Wildman–Crippen LogP) is 3.38. The Morgan fingerprint density at radius 2 is 1.86 bits per heavy atom. The van der Waals surface area contributed by atoms with Gasteiger partial charge in [-0.3, -0.25) is 4.79 Å². The summed E-state index contributed by atoms with van der Waals surface area (Å²) in [5.41, 5.74) is 0.445. The van der Waals surface area contributed by atoms with Crippen molar-refractivity contribution in [2.45, 2.75) is 6.42 Å². The van der Waals surface area contributed by atoms with E-state index in [-0.39, 0.29) is 11.3 Å². The summed E-state index contributed by atoms with van der Waals surface area (Å²) < 4.78 is 37.2. The van der Waals surface area contributed by atoms with Gasteiger partial charge in [0.25, 0.3) is 5.91 Å². The molecule has 3 rings (SSSR count). The Balaban J connectivity index is 1.87. The van der Waals surface area contributed by atoms with Crippen LogP contribution in [0.25, 0.3) is 0 Å². The van der Waals surface area contributed by atoms with Crippen molar-refractivity contribution in [3.63, 3.8) is 0 Å². The van der Waals surface area contributed by atoms with Crippen molar-refractivity contribution in [1.29, 1.82) is 0 Å². The fourth-order valence-corrected chi connectivity index (χ4v) is 2.14. The highest BCUT2D eigenvalue weighted by molar-refractivity contribution is 6.06. The smallest absolute Gasteiger partial charge is 0.259 e. The molecule has 1 N–H and O–H groups in total. The van der Waals surface area contributed by atoms with Crippen LogP contribution in [0.1, 0.15) is 16.8 Å². The lowest BCUT2D eigenvalue weighted by molar-refractivity contribution is 0.102. The van der Waals surface area contributed by atoms with Gasteiger partial charge in [0.2, 0.25) is 0 Å². The number of hydrogen-bond donors (Lipinski definition) is 1. The summed E-state index contributed by atoms with van der Waals surface area (Å²) in [6.45, 7) is 0.962. The molecule has 1 aliphatic rings. The number of para-hydroxylation sites is 1. The summed E-state index contributed by atoms with van der Waals surface area (Å²) >= 11 is 0. The third-order valence-corrected chi connectivity index (χ3v) is 3.19. The average Bonchev–Trinajstić information content (AvgIpc) is 2.76. The Hall–Kier alpha value is -2.63. The van der Waals surface area contributed by atoms with Crippen LogP contribution < -0.4 is 14.8 Å². The number of rotatable bonds is 2. The molecule has 0 fully saturated rings. The number of hydrogen-bond acceptors (Lipinski definition) is 3. The van der Waals surface area contributed by atoms with Crippen LogP contribution in [0.2, 0.25) is 0 Å². The molecule has 1 amide bonds. The van der Waals surface area contributed by atoms with E-state index in [2.05, 4.69) is 5.32 Å². The van der Waals surface area contributed by atoms with Gasteiger partial charge in [0, 0.05) is 18.2 Å². The maximum absolute atomic E-state index is 13.2. The van der Waals surface area contributed by atoms with E-state index in [9.17, 15) is 13.6 Å². The van der Waals surface area contributed by atoms with Crippen LogP contribution in [0.15, 0.2) is 36.4 Å². The number of benzene rings is 2. The van der Waals surface area contributed by atoms with Gasteiger partial charge in [0.15, 0.2) is 23.1 Å². The summed E-state index contributed by atoms with van der Waals surface area (Å²) in [7, 11) is 0. The highest BCUT2D eigenvalue weighted by atomic mass is 19.2. The summed E-state index contributed by atoms with van der Waals surface area (Å²) in [6, 6.07) is 8.14. The van der Waals surface area contributed by atoms with Crippen LogP contribution in [-0.4, -0.2) is 19.1 Å². The lowest BCUT2D eigenvalue weighted by Crippen LogP contribution is -2.14. The molecule has 6 heteroatoms. The number of halogens is 2. The van der Waals surface area contributed by atoms with E-state index < -0.39 is 17.5 Å². The normalized spacial score (nSPS) is 13.4. The van der Waals surface area contributed by atoms with E-state index in [1.165, 1.54) is 6.07 Å². The molecule has 0 bridgehead atoms. The van der Waals surface area contributed by atoms with Gasteiger partial charge in [-0.2, -0.15) is 0 Å². The summed E-state index contributed by atoms with van der Waals surface area (Å²) in [5, 5.41) is 2.52. The average molecular weight is 305 g/mol. The summed E-state index contributed by atoms with van der Waals surface area (Å²) in [6.07, 6.45) is 0.721. The highest BCUT2D eigenvalue weighted by Crippen LogP contribution is 2.33. The number of nitrogens with one attached hydrogen (secondary N) is 1. The van der Waals surface area contributed by atoms with E-state index in [1.807, 2.05) is 0 Å². The minimum absolute atomic E-state index is 0.163. The molecule has 4 nitrogen and oxygen atoms in total. The molecular weight excluding hydrogens is 292 g/mol. The Bertz CT molecular complexity index is 719. The van der Waals surface area contributed by atoms with Crippen molar-refractivity contribution in [1.82, 2.24) is 0 Å². The number of carbonyl (C=O) groups is 1. The van der Waals surface area contributed by atoms with E-state index in [4.69, 9.17) is 9.47 Å². The molecule has 1 heterocycles. The zero-order valence-electron chi connectivity index (χ0n) is 11.6. The Kier molecular flexibility index (Phi) is 3.91. The molecule has 0 unspecified atom stereocenters. The number of ether oxygens (including phenoxy) is 2. The number of amides is 1.